The van der Waals surface area contributed by atoms with Gasteiger partial charge in [-0.25, -0.2) is 9.97 Å². The lowest BCUT2D eigenvalue weighted by atomic mass is 9.97. The lowest BCUT2D eigenvalue weighted by Crippen LogP contribution is -2.44. The molecule has 0 bridgehead atoms. The highest BCUT2D eigenvalue weighted by Gasteiger charge is 2.27. The third kappa shape index (κ3) is 4.79. The van der Waals surface area contributed by atoms with Gasteiger partial charge >= 0.3 is 0 Å². The number of rotatable bonds is 4. The summed E-state index contributed by atoms with van der Waals surface area (Å²) in [5.74, 6) is 2.15. The highest BCUT2D eigenvalue weighted by atomic mass is 16.2. The molecule has 9 nitrogen and oxygen atoms in total. The van der Waals surface area contributed by atoms with Crippen LogP contribution in [0.4, 0.5) is 17.5 Å². The molecule has 154 valence electrons. The Kier molecular flexibility index (Phi) is 5.84. The van der Waals surface area contributed by atoms with Crippen LogP contribution >= 0.6 is 0 Å². The van der Waals surface area contributed by atoms with Gasteiger partial charge in [0.15, 0.2) is 5.82 Å². The average molecular weight is 396 g/mol. The second-order valence-electron chi connectivity index (χ2n) is 7.86. The quantitative estimate of drug-likeness (QED) is 0.824. The largest absolute Gasteiger partial charge is 0.354 e. The van der Waals surface area contributed by atoms with Gasteiger partial charge in [-0.3, -0.25) is 4.79 Å². The van der Waals surface area contributed by atoms with Crippen LogP contribution < -0.4 is 15.1 Å². The van der Waals surface area contributed by atoms with Gasteiger partial charge in [-0.1, -0.05) is 0 Å². The molecule has 2 aliphatic heterocycles. The smallest absolute Gasteiger partial charge is 0.230 e. The van der Waals surface area contributed by atoms with Crippen molar-refractivity contribution in [1.29, 1.82) is 0 Å². The fourth-order valence-electron chi connectivity index (χ4n) is 3.81. The molecule has 2 aromatic heterocycles. The summed E-state index contributed by atoms with van der Waals surface area (Å²) in [7, 11) is 2.12. The maximum absolute atomic E-state index is 12.9. The fourth-order valence-corrected chi connectivity index (χ4v) is 3.81. The molecule has 9 heteroatoms. The van der Waals surface area contributed by atoms with Crippen LogP contribution in [-0.2, 0) is 4.79 Å². The van der Waals surface area contributed by atoms with Gasteiger partial charge in [-0.2, -0.15) is 5.10 Å². The number of carbonyl (C=O) groups excluding carboxylic acids is 1. The first kappa shape index (κ1) is 19.5. The Balaban J connectivity index is 1.38. The fraction of sp³-hybridized carbons (Fsp3) is 0.550. The third-order valence-corrected chi connectivity index (χ3v) is 5.63. The Hall–Kier alpha value is -2.81. The van der Waals surface area contributed by atoms with E-state index in [2.05, 4.69) is 47.2 Å². The minimum atomic E-state index is -0.103. The summed E-state index contributed by atoms with van der Waals surface area (Å²) in [5, 5.41) is 11.4. The first-order valence-corrected chi connectivity index (χ1v) is 10.2. The van der Waals surface area contributed by atoms with E-state index in [1.165, 1.54) is 6.33 Å². The van der Waals surface area contributed by atoms with E-state index in [1.807, 2.05) is 25.1 Å². The standard InChI is InChI=1S/C20H28N8O/c1-15-5-6-18(25-24-15)28-7-3-4-16(13-28)20(29)23-17-12-19(22-14-21-17)27-10-8-26(2)9-11-27/h5-6,12,14,16H,3-4,7-11,13H2,1-2H3,(H,21,22,23,29). The van der Waals surface area contributed by atoms with Crippen molar-refractivity contribution in [2.24, 2.45) is 5.92 Å². The maximum atomic E-state index is 12.9. The normalized spacial score (nSPS) is 20.6. The van der Waals surface area contributed by atoms with E-state index in [9.17, 15) is 4.79 Å². The molecule has 2 saturated heterocycles. The van der Waals surface area contributed by atoms with E-state index in [4.69, 9.17) is 0 Å². The predicted molar refractivity (Wildman–Crippen MR) is 112 cm³/mol. The lowest BCUT2D eigenvalue weighted by Gasteiger charge is -2.33. The molecule has 1 atom stereocenters. The van der Waals surface area contributed by atoms with Crippen LogP contribution in [0.5, 0.6) is 0 Å². The zero-order valence-corrected chi connectivity index (χ0v) is 17.1. The number of hydrogen-bond donors (Lipinski definition) is 1. The number of carbonyl (C=O) groups is 1. The Morgan fingerprint density at radius 1 is 1.03 bits per heavy atom. The van der Waals surface area contributed by atoms with Gasteiger partial charge < -0.3 is 20.0 Å². The van der Waals surface area contributed by atoms with E-state index in [0.29, 0.717) is 12.4 Å². The van der Waals surface area contributed by atoms with E-state index < -0.39 is 0 Å². The average Bonchev–Trinajstić information content (AvgIpc) is 2.75. The number of anilines is 3. The molecule has 4 rings (SSSR count). The molecule has 4 heterocycles. The molecule has 0 spiro atoms. The number of likely N-dealkylation sites (N-methyl/N-ethyl adjacent to an activating group) is 1. The van der Waals surface area contributed by atoms with Gasteiger partial charge in [0.2, 0.25) is 5.91 Å². The Morgan fingerprint density at radius 2 is 1.86 bits per heavy atom. The summed E-state index contributed by atoms with van der Waals surface area (Å²) >= 11 is 0. The highest BCUT2D eigenvalue weighted by molar-refractivity contribution is 5.92. The van der Waals surface area contributed by atoms with Gasteiger partial charge in [0, 0.05) is 45.3 Å². The summed E-state index contributed by atoms with van der Waals surface area (Å²) in [5.41, 5.74) is 0.889. The number of nitrogens with zero attached hydrogens (tertiary/aromatic N) is 7. The van der Waals surface area contributed by atoms with Crippen LogP contribution in [0.1, 0.15) is 18.5 Å². The summed E-state index contributed by atoms with van der Waals surface area (Å²) in [6.07, 6.45) is 3.33. The summed E-state index contributed by atoms with van der Waals surface area (Å²) in [6, 6.07) is 5.79. The molecule has 1 N–H and O–H groups in total. The van der Waals surface area contributed by atoms with Crippen LogP contribution in [0.15, 0.2) is 24.5 Å². The number of nitrogens with one attached hydrogen (secondary N) is 1. The van der Waals surface area contributed by atoms with Crippen molar-refractivity contribution in [3.05, 3.63) is 30.2 Å². The number of piperazine rings is 1. The van der Waals surface area contributed by atoms with Crippen molar-refractivity contribution in [3.8, 4) is 0 Å². The molecule has 0 saturated carbocycles. The second-order valence-corrected chi connectivity index (χ2v) is 7.86. The Morgan fingerprint density at radius 3 is 2.62 bits per heavy atom. The predicted octanol–water partition coefficient (Wildman–Crippen LogP) is 1.18. The van der Waals surface area contributed by atoms with Crippen LogP contribution in [-0.4, -0.2) is 77.3 Å². The van der Waals surface area contributed by atoms with Gasteiger partial charge in [-0.05, 0) is 38.9 Å². The van der Waals surface area contributed by atoms with E-state index in [1.54, 1.807) is 0 Å². The SMILES string of the molecule is Cc1ccc(N2CCCC(C(=O)Nc3cc(N4CCN(C)CC4)ncn3)C2)nn1. The van der Waals surface area contributed by atoms with Crippen molar-refractivity contribution in [2.45, 2.75) is 19.8 Å². The second kappa shape index (κ2) is 8.69. The minimum Gasteiger partial charge on any atom is -0.354 e. The van der Waals surface area contributed by atoms with Crippen molar-refractivity contribution < 1.29 is 4.79 Å². The molecule has 2 aliphatic rings. The highest BCUT2D eigenvalue weighted by Crippen LogP contribution is 2.23. The zero-order valence-electron chi connectivity index (χ0n) is 17.1. The molecular weight excluding hydrogens is 368 g/mol. The molecule has 0 radical (unpaired) electrons. The van der Waals surface area contributed by atoms with Crippen molar-refractivity contribution >= 4 is 23.4 Å². The number of amides is 1. The minimum absolute atomic E-state index is 0.00204. The van der Waals surface area contributed by atoms with Crippen molar-refractivity contribution in [3.63, 3.8) is 0 Å². The molecule has 1 unspecified atom stereocenters. The molecule has 1 amide bonds. The summed E-state index contributed by atoms with van der Waals surface area (Å²) < 4.78 is 0. The molecular formula is C20H28N8O. The van der Waals surface area contributed by atoms with Crippen molar-refractivity contribution in [1.82, 2.24) is 25.1 Å². The van der Waals surface area contributed by atoms with Gasteiger partial charge in [0.1, 0.15) is 18.0 Å². The van der Waals surface area contributed by atoms with E-state index in [-0.39, 0.29) is 11.8 Å². The van der Waals surface area contributed by atoms with Gasteiger partial charge in [-0.15, -0.1) is 5.10 Å². The zero-order chi connectivity index (χ0) is 20.2. The maximum Gasteiger partial charge on any atom is 0.230 e. The van der Waals surface area contributed by atoms with Crippen LogP contribution in [0.25, 0.3) is 0 Å². The molecule has 0 aromatic carbocycles. The molecule has 29 heavy (non-hydrogen) atoms. The molecule has 2 fully saturated rings. The van der Waals surface area contributed by atoms with Gasteiger partial charge in [0.25, 0.3) is 0 Å². The Labute approximate surface area is 171 Å². The molecule has 0 aliphatic carbocycles. The lowest BCUT2D eigenvalue weighted by molar-refractivity contribution is -0.120. The van der Waals surface area contributed by atoms with Gasteiger partial charge in [0.05, 0.1) is 11.6 Å². The van der Waals surface area contributed by atoms with E-state index in [0.717, 1.165) is 62.9 Å². The Bertz CT molecular complexity index is 835. The number of aromatic nitrogens is 4. The van der Waals surface area contributed by atoms with Crippen LogP contribution in [0.3, 0.4) is 0 Å². The number of piperidine rings is 1. The van der Waals surface area contributed by atoms with Crippen molar-refractivity contribution in [2.75, 3.05) is 61.4 Å². The number of aryl methyl sites for hydroxylation is 1. The van der Waals surface area contributed by atoms with Crippen LogP contribution in [0, 0.1) is 12.8 Å². The first-order valence-electron chi connectivity index (χ1n) is 10.2. The summed E-state index contributed by atoms with van der Waals surface area (Å²) in [6.45, 7) is 7.31. The first-order chi connectivity index (χ1) is 14.1. The monoisotopic (exact) mass is 396 g/mol. The van der Waals surface area contributed by atoms with E-state index >= 15 is 0 Å². The third-order valence-electron chi connectivity index (χ3n) is 5.63. The van der Waals surface area contributed by atoms with Crippen LogP contribution in [0.2, 0.25) is 0 Å². The summed E-state index contributed by atoms with van der Waals surface area (Å²) in [4.78, 5) is 28.2. The molecule has 2 aromatic rings. The number of hydrogen-bond acceptors (Lipinski definition) is 8. The topological polar surface area (TPSA) is 90.4 Å².